The second-order valence-corrected chi connectivity index (χ2v) is 5.03. The number of rotatable bonds is 3. The summed E-state index contributed by atoms with van der Waals surface area (Å²) in [5.41, 5.74) is 3.55. The van der Waals surface area contributed by atoms with Gasteiger partial charge in [-0.25, -0.2) is 4.39 Å². The zero-order valence-corrected chi connectivity index (χ0v) is 11.6. The van der Waals surface area contributed by atoms with Crippen molar-refractivity contribution in [3.63, 3.8) is 0 Å². The van der Waals surface area contributed by atoms with Crippen molar-refractivity contribution in [3.05, 3.63) is 65.6 Å². The van der Waals surface area contributed by atoms with Crippen LogP contribution < -0.4 is 4.74 Å². The van der Waals surface area contributed by atoms with Gasteiger partial charge in [-0.2, -0.15) is 0 Å². The number of aromatic nitrogens is 1. The molecule has 3 heteroatoms. The molecule has 3 rings (SSSR count). The minimum atomic E-state index is -0.252. The zero-order chi connectivity index (χ0) is 14.1. The van der Waals surface area contributed by atoms with Crippen molar-refractivity contribution in [3.8, 4) is 5.75 Å². The first-order valence-corrected chi connectivity index (χ1v) is 6.56. The molecule has 0 N–H and O–H groups in total. The lowest BCUT2D eigenvalue weighted by Crippen LogP contribution is -1.94. The predicted octanol–water partition coefficient (Wildman–Crippen LogP) is 4.20. The van der Waals surface area contributed by atoms with E-state index >= 15 is 0 Å². The van der Waals surface area contributed by atoms with E-state index in [4.69, 9.17) is 4.74 Å². The van der Waals surface area contributed by atoms with Crippen molar-refractivity contribution in [2.24, 2.45) is 7.05 Å². The maximum atomic E-state index is 12.8. The van der Waals surface area contributed by atoms with Gasteiger partial charge in [0.2, 0.25) is 0 Å². The van der Waals surface area contributed by atoms with Crippen LogP contribution >= 0.6 is 0 Å². The Bertz CT molecular complexity index is 744. The van der Waals surface area contributed by atoms with Crippen LogP contribution in [0, 0.1) is 12.7 Å². The van der Waals surface area contributed by atoms with E-state index in [0.717, 1.165) is 5.56 Å². The van der Waals surface area contributed by atoms with Crippen LogP contribution in [0.5, 0.6) is 5.75 Å². The van der Waals surface area contributed by atoms with Crippen molar-refractivity contribution < 1.29 is 9.13 Å². The van der Waals surface area contributed by atoms with Gasteiger partial charge in [-0.3, -0.25) is 0 Å². The molecular formula is C17H16FNO. The molecule has 102 valence electrons. The van der Waals surface area contributed by atoms with Crippen LogP contribution in [0.25, 0.3) is 10.9 Å². The smallest absolute Gasteiger partial charge is 0.123 e. The quantitative estimate of drug-likeness (QED) is 0.695. The molecule has 3 aromatic rings. The molecule has 1 aromatic heterocycles. The van der Waals surface area contributed by atoms with E-state index < -0.39 is 0 Å². The lowest BCUT2D eigenvalue weighted by molar-refractivity contribution is 0.307. The molecular weight excluding hydrogens is 253 g/mol. The molecule has 2 nitrogen and oxygen atoms in total. The standard InChI is InChI=1S/C17H16FNO/c1-12-3-8-17-16(9-12)13(10-19(17)2)11-20-15-6-4-14(18)5-7-15/h3-10H,11H2,1-2H3. The average molecular weight is 269 g/mol. The van der Waals surface area contributed by atoms with E-state index in [1.165, 1.54) is 28.6 Å². The maximum Gasteiger partial charge on any atom is 0.123 e. The Morgan fingerprint density at radius 2 is 1.85 bits per heavy atom. The van der Waals surface area contributed by atoms with Gasteiger partial charge >= 0.3 is 0 Å². The second kappa shape index (κ2) is 5.00. The highest BCUT2D eigenvalue weighted by Crippen LogP contribution is 2.23. The van der Waals surface area contributed by atoms with E-state index in [0.29, 0.717) is 12.4 Å². The van der Waals surface area contributed by atoms with E-state index in [1.54, 1.807) is 12.1 Å². The van der Waals surface area contributed by atoms with Gasteiger partial charge in [-0.05, 0) is 43.3 Å². The van der Waals surface area contributed by atoms with Crippen LogP contribution in [-0.4, -0.2) is 4.57 Å². The van der Waals surface area contributed by atoms with Crippen molar-refractivity contribution in [2.45, 2.75) is 13.5 Å². The van der Waals surface area contributed by atoms with Crippen LogP contribution in [0.3, 0.4) is 0 Å². The molecule has 2 aromatic carbocycles. The van der Waals surface area contributed by atoms with Crippen LogP contribution in [0.15, 0.2) is 48.7 Å². The molecule has 0 saturated heterocycles. The minimum Gasteiger partial charge on any atom is -0.489 e. The summed E-state index contributed by atoms with van der Waals surface area (Å²) in [6, 6.07) is 12.5. The van der Waals surface area contributed by atoms with Crippen LogP contribution in [0.4, 0.5) is 4.39 Å². The van der Waals surface area contributed by atoms with E-state index in [9.17, 15) is 4.39 Å². The average Bonchev–Trinajstić information content (AvgIpc) is 2.74. The molecule has 0 atom stereocenters. The van der Waals surface area contributed by atoms with Crippen molar-refractivity contribution in [1.29, 1.82) is 0 Å². The Labute approximate surface area is 117 Å². The fourth-order valence-corrected chi connectivity index (χ4v) is 2.39. The van der Waals surface area contributed by atoms with Gasteiger partial charge in [0.25, 0.3) is 0 Å². The third kappa shape index (κ3) is 2.39. The van der Waals surface area contributed by atoms with Gasteiger partial charge in [0.15, 0.2) is 0 Å². The van der Waals surface area contributed by atoms with Gasteiger partial charge in [-0.1, -0.05) is 11.6 Å². The minimum absolute atomic E-state index is 0.252. The number of nitrogens with zero attached hydrogens (tertiary/aromatic N) is 1. The Morgan fingerprint density at radius 3 is 2.60 bits per heavy atom. The highest BCUT2D eigenvalue weighted by atomic mass is 19.1. The molecule has 0 bridgehead atoms. The van der Waals surface area contributed by atoms with Crippen LogP contribution in [0.1, 0.15) is 11.1 Å². The monoisotopic (exact) mass is 269 g/mol. The Morgan fingerprint density at radius 1 is 1.10 bits per heavy atom. The Balaban J connectivity index is 1.87. The number of hydrogen-bond donors (Lipinski definition) is 0. The predicted molar refractivity (Wildman–Crippen MR) is 78.4 cm³/mol. The normalized spacial score (nSPS) is 10.9. The van der Waals surface area contributed by atoms with E-state index in [1.807, 2.05) is 7.05 Å². The Kier molecular flexibility index (Phi) is 3.18. The number of halogens is 1. The summed E-state index contributed by atoms with van der Waals surface area (Å²) >= 11 is 0. The summed E-state index contributed by atoms with van der Waals surface area (Å²) in [4.78, 5) is 0. The topological polar surface area (TPSA) is 14.2 Å². The number of benzene rings is 2. The van der Waals surface area contributed by atoms with Gasteiger partial charge in [0.1, 0.15) is 18.2 Å². The molecule has 0 fully saturated rings. The molecule has 0 saturated carbocycles. The fraction of sp³-hybridized carbons (Fsp3) is 0.176. The molecule has 0 aliphatic rings. The van der Waals surface area contributed by atoms with Gasteiger partial charge in [0, 0.05) is 29.7 Å². The Hall–Kier alpha value is -2.29. The number of aryl methyl sites for hydroxylation is 2. The highest BCUT2D eigenvalue weighted by Gasteiger charge is 2.07. The largest absolute Gasteiger partial charge is 0.489 e. The van der Waals surface area contributed by atoms with Gasteiger partial charge in [0.05, 0.1) is 0 Å². The van der Waals surface area contributed by atoms with Crippen molar-refractivity contribution in [1.82, 2.24) is 4.57 Å². The van der Waals surface area contributed by atoms with Crippen LogP contribution in [0.2, 0.25) is 0 Å². The lowest BCUT2D eigenvalue weighted by Gasteiger charge is -2.05. The molecule has 0 aliphatic heterocycles. The summed E-state index contributed by atoms with van der Waals surface area (Å²) in [6.07, 6.45) is 2.08. The summed E-state index contributed by atoms with van der Waals surface area (Å²) in [7, 11) is 2.03. The summed E-state index contributed by atoms with van der Waals surface area (Å²) in [5.74, 6) is 0.425. The second-order valence-electron chi connectivity index (χ2n) is 5.03. The lowest BCUT2D eigenvalue weighted by atomic mass is 10.1. The number of hydrogen-bond acceptors (Lipinski definition) is 1. The van der Waals surface area contributed by atoms with Crippen molar-refractivity contribution in [2.75, 3.05) is 0 Å². The molecule has 0 amide bonds. The van der Waals surface area contributed by atoms with Crippen molar-refractivity contribution >= 4 is 10.9 Å². The SMILES string of the molecule is Cc1ccc2c(c1)c(COc1ccc(F)cc1)cn2C. The third-order valence-corrected chi connectivity index (χ3v) is 3.44. The van der Waals surface area contributed by atoms with Crippen LogP contribution in [-0.2, 0) is 13.7 Å². The summed E-state index contributed by atoms with van der Waals surface area (Å²) in [5, 5.41) is 1.20. The first-order chi connectivity index (χ1) is 9.63. The summed E-state index contributed by atoms with van der Waals surface area (Å²) in [6.45, 7) is 2.56. The number of fused-ring (bicyclic) bond motifs is 1. The summed E-state index contributed by atoms with van der Waals surface area (Å²) < 4.78 is 20.7. The van der Waals surface area contributed by atoms with E-state index in [2.05, 4.69) is 35.9 Å². The maximum absolute atomic E-state index is 12.8. The fourth-order valence-electron chi connectivity index (χ4n) is 2.39. The zero-order valence-electron chi connectivity index (χ0n) is 11.6. The van der Waals surface area contributed by atoms with Gasteiger partial charge in [-0.15, -0.1) is 0 Å². The van der Waals surface area contributed by atoms with Gasteiger partial charge < -0.3 is 9.30 Å². The first-order valence-electron chi connectivity index (χ1n) is 6.56. The molecule has 1 heterocycles. The molecule has 0 aliphatic carbocycles. The third-order valence-electron chi connectivity index (χ3n) is 3.44. The van der Waals surface area contributed by atoms with E-state index in [-0.39, 0.29) is 5.82 Å². The first kappa shape index (κ1) is 12.7. The number of ether oxygens (including phenoxy) is 1. The molecule has 20 heavy (non-hydrogen) atoms. The highest BCUT2D eigenvalue weighted by molar-refractivity contribution is 5.84. The molecule has 0 unspecified atom stereocenters. The molecule has 0 spiro atoms. The molecule has 0 radical (unpaired) electrons.